The summed E-state index contributed by atoms with van der Waals surface area (Å²) in [6.07, 6.45) is 0.155. The molecule has 0 aromatic heterocycles. The summed E-state index contributed by atoms with van der Waals surface area (Å²) in [5.74, 6) is -0.0829. The molecule has 23 heavy (non-hydrogen) atoms. The van der Waals surface area contributed by atoms with Crippen molar-refractivity contribution >= 4 is 16.1 Å². The van der Waals surface area contributed by atoms with Gasteiger partial charge in [0.05, 0.1) is 6.07 Å². The van der Waals surface area contributed by atoms with Gasteiger partial charge in [-0.25, -0.2) is 0 Å². The van der Waals surface area contributed by atoms with Crippen molar-refractivity contribution in [2.45, 2.75) is 6.42 Å². The Morgan fingerprint density at radius 2 is 1.83 bits per heavy atom. The molecule has 1 aliphatic rings. The van der Waals surface area contributed by atoms with Crippen molar-refractivity contribution in [1.29, 1.82) is 5.26 Å². The minimum absolute atomic E-state index is 0.0829. The number of carbonyl (C=O) groups is 1. The Bertz CT molecular complexity index is 676. The molecule has 1 fully saturated rings. The number of benzene rings is 1. The summed E-state index contributed by atoms with van der Waals surface area (Å²) in [4.78, 5) is 14.0. The molecule has 0 saturated carbocycles. The van der Waals surface area contributed by atoms with Crippen molar-refractivity contribution in [1.82, 2.24) is 13.5 Å². The van der Waals surface area contributed by atoms with Crippen molar-refractivity contribution in [3.05, 3.63) is 35.9 Å². The molecule has 0 atom stereocenters. The standard InChI is InChI=1S/C15H20N4O3S/c1-17(9-5-8-16)23(21,22)19-12-10-18(11-13-19)15(20)14-6-3-2-4-7-14/h2-4,6-7H,5,9-13H2,1H3. The Kier molecular flexibility index (Phi) is 5.71. The quantitative estimate of drug-likeness (QED) is 0.785. The molecular weight excluding hydrogens is 316 g/mol. The van der Waals surface area contributed by atoms with E-state index in [4.69, 9.17) is 5.26 Å². The zero-order valence-electron chi connectivity index (χ0n) is 13.1. The van der Waals surface area contributed by atoms with Crippen LogP contribution in [0.4, 0.5) is 0 Å². The molecule has 1 amide bonds. The normalized spacial score (nSPS) is 16.3. The topological polar surface area (TPSA) is 84.7 Å². The van der Waals surface area contributed by atoms with E-state index in [1.54, 1.807) is 29.2 Å². The van der Waals surface area contributed by atoms with Gasteiger partial charge in [-0.15, -0.1) is 0 Å². The van der Waals surface area contributed by atoms with E-state index in [9.17, 15) is 13.2 Å². The van der Waals surface area contributed by atoms with Gasteiger partial charge in [-0.3, -0.25) is 4.79 Å². The molecule has 0 aliphatic carbocycles. The zero-order valence-corrected chi connectivity index (χ0v) is 13.9. The number of hydrogen-bond acceptors (Lipinski definition) is 4. The highest BCUT2D eigenvalue weighted by Gasteiger charge is 2.31. The molecule has 1 aliphatic heterocycles. The second kappa shape index (κ2) is 7.55. The third-order valence-electron chi connectivity index (χ3n) is 3.81. The first-order valence-corrected chi connectivity index (χ1v) is 8.79. The highest BCUT2D eigenvalue weighted by molar-refractivity contribution is 7.86. The van der Waals surface area contributed by atoms with Gasteiger partial charge in [0.1, 0.15) is 0 Å². The lowest BCUT2D eigenvalue weighted by atomic mass is 10.2. The van der Waals surface area contributed by atoms with Crippen LogP contribution < -0.4 is 0 Å². The molecular formula is C15H20N4O3S. The first-order valence-electron chi connectivity index (χ1n) is 7.39. The van der Waals surface area contributed by atoms with Crippen molar-refractivity contribution in [3.8, 4) is 6.07 Å². The Hall–Kier alpha value is -1.95. The van der Waals surface area contributed by atoms with Crippen LogP contribution in [0.2, 0.25) is 0 Å². The van der Waals surface area contributed by atoms with Crippen LogP contribution in [0, 0.1) is 11.3 Å². The molecule has 0 unspecified atom stereocenters. The summed E-state index contributed by atoms with van der Waals surface area (Å²) >= 11 is 0. The van der Waals surface area contributed by atoms with E-state index >= 15 is 0 Å². The maximum atomic E-state index is 12.4. The molecule has 0 radical (unpaired) electrons. The van der Waals surface area contributed by atoms with Gasteiger partial charge >= 0.3 is 0 Å². The maximum absolute atomic E-state index is 12.4. The summed E-state index contributed by atoms with van der Waals surface area (Å²) < 4.78 is 27.3. The van der Waals surface area contributed by atoms with Crippen LogP contribution in [-0.4, -0.2) is 67.6 Å². The molecule has 0 spiro atoms. The number of carbonyl (C=O) groups excluding carboxylic acids is 1. The molecule has 1 heterocycles. The molecule has 124 valence electrons. The zero-order chi connectivity index (χ0) is 16.9. The first-order chi connectivity index (χ1) is 11.0. The monoisotopic (exact) mass is 336 g/mol. The van der Waals surface area contributed by atoms with Gasteiger partial charge in [-0.05, 0) is 12.1 Å². The lowest BCUT2D eigenvalue weighted by Crippen LogP contribution is -2.53. The van der Waals surface area contributed by atoms with Gasteiger partial charge in [0.15, 0.2) is 0 Å². The Balaban J connectivity index is 1.96. The van der Waals surface area contributed by atoms with Gasteiger partial charge in [-0.1, -0.05) is 18.2 Å². The van der Waals surface area contributed by atoms with Gasteiger partial charge in [0, 0.05) is 51.8 Å². The van der Waals surface area contributed by atoms with Gasteiger partial charge in [0.2, 0.25) is 0 Å². The fraction of sp³-hybridized carbons (Fsp3) is 0.467. The predicted molar refractivity (Wildman–Crippen MR) is 85.7 cm³/mol. The lowest BCUT2D eigenvalue weighted by Gasteiger charge is -2.35. The predicted octanol–water partition coefficient (Wildman–Crippen LogP) is 0.535. The van der Waals surface area contributed by atoms with E-state index in [1.165, 1.54) is 15.7 Å². The number of piperazine rings is 1. The van der Waals surface area contributed by atoms with Crippen LogP contribution in [-0.2, 0) is 10.2 Å². The average molecular weight is 336 g/mol. The second-order valence-electron chi connectivity index (χ2n) is 5.29. The molecule has 1 saturated heterocycles. The van der Waals surface area contributed by atoms with Crippen molar-refractivity contribution in [3.63, 3.8) is 0 Å². The maximum Gasteiger partial charge on any atom is 0.281 e. The van der Waals surface area contributed by atoms with Crippen LogP contribution >= 0.6 is 0 Å². The SMILES string of the molecule is CN(CCC#N)S(=O)(=O)N1CCN(C(=O)c2ccccc2)CC1. The Morgan fingerprint density at radius 3 is 2.39 bits per heavy atom. The van der Waals surface area contributed by atoms with Gasteiger partial charge < -0.3 is 4.90 Å². The molecule has 8 heteroatoms. The van der Waals surface area contributed by atoms with Crippen molar-refractivity contribution in [2.24, 2.45) is 0 Å². The summed E-state index contributed by atoms with van der Waals surface area (Å²) in [5.41, 5.74) is 0.606. The summed E-state index contributed by atoms with van der Waals surface area (Å²) in [6.45, 7) is 1.41. The van der Waals surface area contributed by atoms with Crippen molar-refractivity contribution < 1.29 is 13.2 Å². The third kappa shape index (κ3) is 4.07. The fourth-order valence-corrected chi connectivity index (χ4v) is 3.75. The highest BCUT2D eigenvalue weighted by Crippen LogP contribution is 2.13. The first kappa shape index (κ1) is 17.4. The van der Waals surface area contributed by atoms with E-state index in [0.29, 0.717) is 18.7 Å². The van der Waals surface area contributed by atoms with Gasteiger partial charge in [0.25, 0.3) is 16.1 Å². The Labute approximate surface area is 136 Å². The average Bonchev–Trinajstić information content (AvgIpc) is 2.59. The minimum Gasteiger partial charge on any atom is -0.336 e. The van der Waals surface area contributed by atoms with E-state index in [-0.39, 0.29) is 32.0 Å². The van der Waals surface area contributed by atoms with E-state index < -0.39 is 10.2 Å². The summed E-state index contributed by atoms with van der Waals surface area (Å²) in [7, 11) is -2.10. The van der Waals surface area contributed by atoms with E-state index in [0.717, 1.165) is 0 Å². The molecule has 1 aromatic rings. The van der Waals surface area contributed by atoms with E-state index in [2.05, 4.69) is 0 Å². The smallest absolute Gasteiger partial charge is 0.281 e. The number of hydrogen-bond donors (Lipinski definition) is 0. The summed E-state index contributed by atoms with van der Waals surface area (Å²) in [6, 6.07) is 10.9. The highest BCUT2D eigenvalue weighted by atomic mass is 32.2. The number of amides is 1. The largest absolute Gasteiger partial charge is 0.336 e. The minimum atomic E-state index is -3.57. The molecule has 1 aromatic carbocycles. The van der Waals surface area contributed by atoms with Crippen LogP contribution in [0.5, 0.6) is 0 Å². The van der Waals surface area contributed by atoms with E-state index in [1.807, 2.05) is 12.1 Å². The van der Waals surface area contributed by atoms with Crippen LogP contribution in [0.1, 0.15) is 16.8 Å². The fourth-order valence-electron chi connectivity index (χ4n) is 2.41. The molecule has 0 N–H and O–H groups in total. The van der Waals surface area contributed by atoms with Crippen LogP contribution in [0.3, 0.4) is 0 Å². The van der Waals surface area contributed by atoms with Gasteiger partial charge in [-0.2, -0.15) is 22.3 Å². The number of nitrogens with zero attached hydrogens (tertiary/aromatic N) is 4. The van der Waals surface area contributed by atoms with Crippen LogP contribution in [0.15, 0.2) is 30.3 Å². The summed E-state index contributed by atoms with van der Waals surface area (Å²) in [5, 5.41) is 8.57. The van der Waals surface area contributed by atoms with Crippen LogP contribution in [0.25, 0.3) is 0 Å². The molecule has 0 bridgehead atoms. The molecule has 7 nitrogen and oxygen atoms in total. The third-order valence-corrected chi connectivity index (χ3v) is 5.79. The molecule has 2 rings (SSSR count). The number of rotatable bonds is 5. The Morgan fingerprint density at radius 1 is 1.22 bits per heavy atom. The second-order valence-corrected chi connectivity index (χ2v) is 7.33. The van der Waals surface area contributed by atoms with Crippen molar-refractivity contribution in [2.75, 3.05) is 39.8 Å². The lowest BCUT2D eigenvalue weighted by molar-refractivity contribution is 0.0694. The number of nitriles is 1.